The van der Waals surface area contributed by atoms with Gasteiger partial charge in [0.25, 0.3) is 0 Å². The molecule has 4 aromatic carbocycles. The molecule has 2 heteroatoms. The predicted octanol–water partition coefficient (Wildman–Crippen LogP) is 5.39. The van der Waals surface area contributed by atoms with Crippen LogP contribution in [0.5, 0.6) is 0 Å². The standard InChI is InChI=1S/C26H25NO/c1-18-10-14-21(15-11-18)26(28,22-16-12-19(2)13-17-22)25(27)24-9-5-7-20-6-3-4-8-23(20)24/h3-17,25,28H,27H2,1-2H3/t25-/m1/s1. The Morgan fingerprint density at radius 1 is 0.679 bits per heavy atom. The van der Waals surface area contributed by atoms with Crippen molar-refractivity contribution in [1.82, 2.24) is 0 Å². The third kappa shape index (κ3) is 3.11. The van der Waals surface area contributed by atoms with Crippen molar-refractivity contribution < 1.29 is 5.11 Å². The molecule has 0 aromatic heterocycles. The zero-order valence-electron chi connectivity index (χ0n) is 16.3. The number of hydrogen-bond donors (Lipinski definition) is 2. The number of aliphatic hydroxyl groups is 1. The van der Waals surface area contributed by atoms with E-state index in [1.165, 1.54) is 0 Å². The van der Waals surface area contributed by atoms with E-state index < -0.39 is 11.6 Å². The Morgan fingerprint density at radius 2 is 1.18 bits per heavy atom. The maximum atomic E-state index is 12.1. The van der Waals surface area contributed by atoms with E-state index in [9.17, 15) is 5.11 Å². The first-order valence-corrected chi connectivity index (χ1v) is 9.60. The average molecular weight is 367 g/mol. The monoisotopic (exact) mass is 367 g/mol. The number of aryl methyl sites for hydroxylation is 2. The second-order valence-corrected chi connectivity index (χ2v) is 7.54. The Hall–Kier alpha value is -2.94. The highest BCUT2D eigenvalue weighted by Gasteiger charge is 2.39. The molecule has 0 spiro atoms. The quantitative estimate of drug-likeness (QED) is 0.508. The Balaban J connectivity index is 1.94. The Morgan fingerprint density at radius 3 is 1.75 bits per heavy atom. The van der Waals surface area contributed by atoms with Crippen LogP contribution in [0.3, 0.4) is 0 Å². The molecule has 1 atom stereocenters. The molecular formula is C26H25NO. The van der Waals surface area contributed by atoms with Crippen LogP contribution in [-0.4, -0.2) is 5.11 Å². The summed E-state index contributed by atoms with van der Waals surface area (Å²) in [7, 11) is 0. The lowest BCUT2D eigenvalue weighted by molar-refractivity contribution is 0.0517. The third-order valence-corrected chi connectivity index (χ3v) is 5.59. The summed E-state index contributed by atoms with van der Waals surface area (Å²) in [5, 5.41) is 14.3. The van der Waals surface area contributed by atoms with Gasteiger partial charge in [-0.1, -0.05) is 102 Å². The van der Waals surface area contributed by atoms with Crippen molar-refractivity contribution in [2.45, 2.75) is 25.5 Å². The molecule has 28 heavy (non-hydrogen) atoms. The summed E-state index contributed by atoms with van der Waals surface area (Å²) < 4.78 is 0. The molecule has 0 unspecified atom stereocenters. The summed E-state index contributed by atoms with van der Waals surface area (Å²) in [4.78, 5) is 0. The molecule has 0 saturated carbocycles. The van der Waals surface area contributed by atoms with Crippen molar-refractivity contribution in [1.29, 1.82) is 0 Å². The van der Waals surface area contributed by atoms with Crippen LogP contribution in [0.4, 0.5) is 0 Å². The summed E-state index contributed by atoms with van der Waals surface area (Å²) in [6.07, 6.45) is 0. The number of nitrogens with two attached hydrogens (primary N) is 1. The first kappa shape index (κ1) is 18.4. The van der Waals surface area contributed by atoms with Gasteiger partial charge in [-0.05, 0) is 41.3 Å². The molecule has 0 bridgehead atoms. The molecule has 0 radical (unpaired) electrons. The van der Waals surface area contributed by atoms with Gasteiger partial charge in [0, 0.05) is 0 Å². The van der Waals surface area contributed by atoms with Crippen molar-refractivity contribution in [2.24, 2.45) is 5.73 Å². The summed E-state index contributed by atoms with van der Waals surface area (Å²) in [6, 6.07) is 29.6. The number of rotatable bonds is 4. The number of hydrogen-bond acceptors (Lipinski definition) is 2. The minimum absolute atomic E-state index is 0.621. The van der Waals surface area contributed by atoms with E-state index in [0.29, 0.717) is 0 Å². The molecular weight excluding hydrogens is 342 g/mol. The molecule has 0 heterocycles. The molecule has 4 rings (SSSR count). The average Bonchev–Trinajstić information content (AvgIpc) is 2.73. The molecule has 4 aromatic rings. The molecule has 0 saturated heterocycles. The van der Waals surface area contributed by atoms with Gasteiger partial charge in [-0.25, -0.2) is 0 Å². The molecule has 0 aliphatic carbocycles. The zero-order valence-corrected chi connectivity index (χ0v) is 16.3. The minimum Gasteiger partial charge on any atom is -0.378 e. The van der Waals surface area contributed by atoms with Crippen LogP contribution in [0, 0.1) is 13.8 Å². The topological polar surface area (TPSA) is 46.2 Å². The maximum absolute atomic E-state index is 12.1. The Labute approximate surface area is 166 Å². The van der Waals surface area contributed by atoms with E-state index in [2.05, 4.69) is 18.2 Å². The highest BCUT2D eigenvalue weighted by molar-refractivity contribution is 5.86. The fourth-order valence-corrected chi connectivity index (χ4v) is 3.89. The molecule has 0 amide bonds. The van der Waals surface area contributed by atoms with E-state index in [-0.39, 0.29) is 0 Å². The van der Waals surface area contributed by atoms with E-state index in [1.807, 2.05) is 86.6 Å². The minimum atomic E-state index is -1.34. The summed E-state index contributed by atoms with van der Waals surface area (Å²) >= 11 is 0. The zero-order chi connectivity index (χ0) is 19.7. The summed E-state index contributed by atoms with van der Waals surface area (Å²) in [5.74, 6) is 0. The van der Waals surface area contributed by atoms with Crippen LogP contribution in [0.1, 0.15) is 33.9 Å². The van der Waals surface area contributed by atoms with Crippen LogP contribution in [-0.2, 0) is 5.60 Å². The van der Waals surface area contributed by atoms with Crippen LogP contribution in [0.25, 0.3) is 10.8 Å². The normalized spacial score (nSPS) is 12.9. The predicted molar refractivity (Wildman–Crippen MR) is 116 cm³/mol. The van der Waals surface area contributed by atoms with Crippen molar-refractivity contribution in [3.8, 4) is 0 Å². The lowest BCUT2D eigenvalue weighted by Crippen LogP contribution is -2.40. The van der Waals surface area contributed by atoms with Gasteiger partial charge in [0.05, 0.1) is 6.04 Å². The Kier molecular flexibility index (Phi) is 4.76. The largest absolute Gasteiger partial charge is 0.378 e. The molecule has 0 aliphatic rings. The van der Waals surface area contributed by atoms with Crippen LogP contribution in [0.15, 0.2) is 91.0 Å². The van der Waals surface area contributed by atoms with Crippen LogP contribution < -0.4 is 5.73 Å². The van der Waals surface area contributed by atoms with Gasteiger partial charge < -0.3 is 10.8 Å². The van der Waals surface area contributed by atoms with E-state index in [4.69, 9.17) is 5.73 Å². The first-order chi connectivity index (χ1) is 13.5. The highest BCUT2D eigenvalue weighted by Crippen LogP contribution is 2.41. The second-order valence-electron chi connectivity index (χ2n) is 7.54. The van der Waals surface area contributed by atoms with Crippen molar-refractivity contribution in [3.05, 3.63) is 119 Å². The maximum Gasteiger partial charge on any atom is 0.134 e. The van der Waals surface area contributed by atoms with E-state index >= 15 is 0 Å². The van der Waals surface area contributed by atoms with E-state index in [1.54, 1.807) is 0 Å². The van der Waals surface area contributed by atoms with Gasteiger partial charge in [0.15, 0.2) is 0 Å². The summed E-state index contributed by atoms with van der Waals surface area (Å²) in [5.41, 5.74) is 10.3. The SMILES string of the molecule is Cc1ccc(C(O)(c2ccc(C)cc2)[C@H](N)c2cccc3ccccc23)cc1. The van der Waals surface area contributed by atoms with Crippen molar-refractivity contribution in [2.75, 3.05) is 0 Å². The van der Waals surface area contributed by atoms with Gasteiger partial charge in [0.2, 0.25) is 0 Å². The van der Waals surface area contributed by atoms with Crippen LogP contribution >= 0.6 is 0 Å². The first-order valence-electron chi connectivity index (χ1n) is 9.60. The smallest absolute Gasteiger partial charge is 0.134 e. The van der Waals surface area contributed by atoms with Gasteiger partial charge >= 0.3 is 0 Å². The number of benzene rings is 4. The summed E-state index contributed by atoms with van der Waals surface area (Å²) in [6.45, 7) is 4.08. The second kappa shape index (κ2) is 7.23. The number of fused-ring (bicyclic) bond motifs is 1. The fourth-order valence-electron chi connectivity index (χ4n) is 3.89. The third-order valence-electron chi connectivity index (χ3n) is 5.59. The van der Waals surface area contributed by atoms with Crippen molar-refractivity contribution >= 4 is 10.8 Å². The molecule has 2 nitrogen and oxygen atoms in total. The molecule has 140 valence electrons. The Bertz CT molecular complexity index is 1050. The van der Waals surface area contributed by atoms with Crippen LogP contribution in [0.2, 0.25) is 0 Å². The van der Waals surface area contributed by atoms with E-state index in [0.717, 1.165) is 38.6 Å². The van der Waals surface area contributed by atoms with Gasteiger partial charge in [0.1, 0.15) is 5.60 Å². The van der Waals surface area contributed by atoms with Gasteiger partial charge in [-0.15, -0.1) is 0 Å². The van der Waals surface area contributed by atoms with Gasteiger partial charge in [-0.3, -0.25) is 0 Å². The van der Waals surface area contributed by atoms with Crippen molar-refractivity contribution in [3.63, 3.8) is 0 Å². The highest BCUT2D eigenvalue weighted by atomic mass is 16.3. The fraction of sp³-hybridized carbons (Fsp3) is 0.154. The molecule has 3 N–H and O–H groups in total. The molecule has 0 aliphatic heterocycles. The van der Waals surface area contributed by atoms with Gasteiger partial charge in [-0.2, -0.15) is 0 Å². The lowest BCUT2D eigenvalue weighted by atomic mass is 9.76. The lowest BCUT2D eigenvalue weighted by Gasteiger charge is -2.36. The molecule has 0 fully saturated rings.